The largest absolute Gasteiger partial charge is 0.497 e. The first-order chi connectivity index (χ1) is 16.9. The molecule has 0 aliphatic heterocycles. The molecule has 0 aliphatic rings. The highest BCUT2D eigenvalue weighted by molar-refractivity contribution is 7.80. The Labute approximate surface area is 210 Å². The van der Waals surface area contributed by atoms with Gasteiger partial charge in [-0.25, -0.2) is 0 Å². The van der Waals surface area contributed by atoms with Crippen LogP contribution in [0.2, 0.25) is 0 Å². The van der Waals surface area contributed by atoms with Gasteiger partial charge in [0.05, 0.1) is 20.8 Å². The van der Waals surface area contributed by atoms with Crippen molar-refractivity contribution in [1.29, 1.82) is 0 Å². The fourth-order valence-corrected chi connectivity index (χ4v) is 4.22. The molecule has 0 saturated carbocycles. The van der Waals surface area contributed by atoms with Gasteiger partial charge in [-0.2, -0.15) is 0 Å². The van der Waals surface area contributed by atoms with E-state index in [1.807, 2.05) is 72.5 Å². The Balaban J connectivity index is 1.66. The van der Waals surface area contributed by atoms with Crippen molar-refractivity contribution < 1.29 is 9.47 Å². The highest BCUT2D eigenvalue weighted by Crippen LogP contribution is 2.22. The molecule has 0 unspecified atom stereocenters. The zero-order chi connectivity index (χ0) is 24.9. The minimum atomic E-state index is -0.142. The van der Waals surface area contributed by atoms with Gasteiger partial charge in [0.15, 0.2) is 5.11 Å². The van der Waals surface area contributed by atoms with Crippen molar-refractivity contribution in [1.82, 2.24) is 9.88 Å². The lowest BCUT2D eigenvalue weighted by Gasteiger charge is -2.27. The fraction of sp³-hybridized carbons (Fsp3) is 0.214. The summed E-state index contributed by atoms with van der Waals surface area (Å²) in [5.41, 5.74) is 5.52. The standard InChI is InChI=1S/C28H29N3O3S/c1-18-5-11-25(19(2)13-18)30-28(35)31(16-20-6-8-23(33-3)9-7-20)17-22-14-21-15-24(34-4)10-12-26(21)29-27(22)32/h5-15H,16-17H2,1-4H3,(H,29,32)(H,30,35). The van der Waals surface area contributed by atoms with E-state index in [1.54, 1.807) is 14.2 Å². The summed E-state index contributed by atoms with van der Waals surface area (Å²) in [4.78, 5) is 17.9. The normalized spacial score (nSPS) is 10.7. The van der Waals surface area contributed by atoms with Crippen LogP contribution in [0.5, 0.6) is 11.5 Å². The third kappa shape index (κ3) is 5.81. The summed E-state index contributed by atoms with van der Waals surface area (Å²) in [7, 11) is 3.27. The van der Waals surface area contributed by atoms with Crippen molar-refractivity contribution in [2.24, 2.45) is 0 Å². The Hall–Kier alpha value is -3.84. The number of H-pyrrole nitrogens is 1. The molecule has 0 atom stereocenters. The number of aromatic amines is 1. The maximum Gasteiger partial charge on any atom is 0.253 e. The van der Waals surface area contributed by atoms with Crippen LogP contribution in [0.1, 0.15) is 22.3 Å². The molecule has 4 aromatic rings. The van der Waals surface area contributed by atoms with Gasteiger partial charge < -0.3 is 24.7 Å². The molecule has 0 amide bonds. The first-order valence-corrected chi connectivity index (χ1v) is 11.7. The number of aromatic nitrogens is 1. The minimum Gasteiger partial charge on any atom is -0.497 e. The van der Waals surface area contributed by atoms with Gasteiger partial charge in [-0.05, 0) is 79.7 Å². The average molecular weight is 488 g/mol. The molecule has 0 radical (unpaired) electrons. The number of aryl methyl sites for hydroxylation is 2. The zero-order valence-corrected chi connectivity index (χ0v) is 21.2. The lowest BCUT2D eigenvalue weighted by atomic mass is 10.1. The third-order valence-electron chi connectivity index (χ3n) is 5.93. The van der Waals surface area contributed by atoms with E-state index in [-0.39, 0.29) is 5.56 Å². The molecule has 0 bridgehead atoms. The van der Waals surface area contributed by atoms with Crippen molar-refractivity contribution in [2.75, 3.05) is 19.5 Å². The van der Waals surface area contributed by atoms with E-state index >= 15 is 0 Å². The first-order valence-electron chi connectivity index (χ1n) is 11.3. The number of methoxy groups -OCH3 is 2. The van der Waals surface area contributed by atoms with E-state index in [1.165, 1.54) is 5.56 Å². The van der Waals surface area contributed by atoms with Crippen LogP contribution < -0.4 is 20.3 Å². The van der Waals surface area contributed by atoms with E-state index in [0.717, 1.165) is 39.2 Å². The molecule has 0 fully saturated rings. The van der Waals surface area contributed by atoms with Crippen LogP contribution in [-0.4, -0.2) is 29.2 Å². The molecule has 1 heterocycles. The van der Waals surface area contributed by atoms with Crippen molar-refractivity contribution in [3.05, 3.63) is 99.3 Å². The molecule has 0 saturated heterocycles. The van der Waals surface area contributed by atoms with Gasteiger partial charge in [-0.1, -0.05) is 29.8 Å². The molecule has 0 spiro atoms. The summed E-state index contributed by atoms with van der Waals surface area (Å²) in [5.74, 6) is 1.52. The number of hydrogen-bond donors (Lipinski definition) is 2. The number of pyridine rings is 1. The number of thiocarbonyl (C=S) groups is 1. The molecular weight excluding hydrogens is 458 g/mol. The lowest BCUT2D eigenvalue weighted by molar-refractivity contribution is 0.406. The molecule has 0 aliphatic carbocycles. The maximum atomic E-state index is 12.9. The zero-order valence-electron chi connectivity index (χ0n) is 20.3. The van der Waals surface area contributed by atoms with E-state index in [9.17, 15) is 4.79 Å². The Bertz CT molecular complexity index is 1410. The van der Waals surface area contributed by atoms with Gasteiger partial charge in [0.2, 0.25) is 0 Å². The number of hydrogen-bond acceptors (Lipinski definition) is 4. The number of nitrogens with zero attached hydrogens (tertiary/aromatic N) is 1. The summed E-state index contributed by atoms with van der Waals surface area (Å²) in [5, 5.41) is 4.82. The van der Waals surface area contributed by atoms with Crippen LogP contribution in [0.4, 0.5) is 5.69 Å². The van der Waals surface area contributed by atoms with Crippen molar-refractivity contribution in [2.45, 2.75) is 26.9 Å². The Morgan fingerprint density at radius 3 is 2.31 bits per heavy atom. The molecule has 3 aromatic carbocycles. The van der Waals surface area contributed by atoms with E-state index in [4.69, 9.17) is 21.7 Å². The number of benzene rings is 3. The molecule has 7 heteroatoms. The molecule has 180 valence electrons. The molecule has 4 rings (SSSR count). The van der Waals surface area contributed by atoms with Crippen molar-refractivity contribution >= 4 is 33.9 Å². The predicted molar refractivity (Wildman–Crippen MR) is 145 cm³/mol. The van der Waals surface area contributed by atoms with E-state index in [0.29, 0.717) is 23.8 Å². The van der Waals surface area contributed by atoms with Gasteiger partial charge in [-0.3, -0.25) is 4.79 Å². The number of nitrogens with one attached hydrogen (secondary N) is 2. The van der Waals surface area contributed by atoms with Crippen LogP contribution in [0, 0.1) is 13.8 Å². The van der Waals surface area contributed by atoms with Crippen LogP contribution >= 0.6 is 12.2 Å². The summed E-state index contributed by atoms with van der Waals surface area (Å²) < 4.78 is 10.6. The molecule has 35 heavy (non-hydrogen) atoms. The molecule has 6 nitrogen and oxygen atoms in total. The Morgan fingerprint density at radius 2 is 1.63 bits per heavy atom. The average Bonchev–Trinajstić information content (AvgIpc) is 2.85. The summed E-state index contributed by atoms with van der Waals surface area (Å²) >= 11 is 5.83. The van der Waals surface area contributed by atoms with Crippen molar-refractivity contribution in [3.8, 4) is 11.5 Å². The SMILES string of the molecule is COc1ccc(CN(Cc2cc3cc(OC)ccc3[nH]c2=O)C(=S)Nc2ccc(C)cc2C)cc1. The van der Waals surface area contributed by atoms with Gasteiger partial charge in [-0.15, -0.1) is 0 Å². The second-order valence-electron chi connectivity index (χ2n) is 8.53. The van der Waals surface area contributed by atoms with Gasteiger partial charge in [0.25, 0.3) is 5.56 Å². The summed E-state index contributed by atoms with van der Waals surface area (Å²) in [6, 6.07) is 21.5. The molecule has 2 N–H and O–H groups in total. The second kappa shape index (κ2) is 10.6. The van der Waals surface area contributed by atoms with E-state index in [2.05, 4.69) is 23.3 Å². The van der Waals surface area contributed by atoms with Crippen LogP contribution in [-0.2, 0) is 13.1 Å². The Morgan fingerprint density at radius 1 is 0.914 bits per heavy atom. The highest BCUT2D eigenvalue weighted by Gasteiger charge is 2.16. The quantitative estimate of drug-likeness (QED) is 0.333. The van der Waals surface area contributed by atoms with Crippen molar-refractivity contribution in [3.63, 3.8) is 0 Å². The van der Waals surface area contributed by atoms with Gasteiger partial charge in [0.1, 0.15) is 11.5 Å². The number of anilines is 1. The minimum absolute atomic E-state index is 0.142. The number of fused-ring (bicyclic) bond motifs is 1. The van der Waals surface area contributed by atoms with E-state index < -0.39 is 0 Å². The summed E-state index contributed by atoms with van der Waals surface area (Å²) in [6.07, 6.45) is 0. The first kappa shape index (κ1) is 24.3. The van der Waals surface area contributed by atoms with Gasteiger partial charge in [0, 0.05) is 28.7 Å². The molecule has 1 aromatic heterocycles. The predicted octanol–water partition coefficient (Wildman–Crippen LogP) is 5.56. The monoisotopic (exact) mass is 487 g/mol. The van der Waals surface area contributed by atoms with Gasteiger partial charge >= 0.3 is 0 Å². The summed E-state index contributed by atoms with van der Waals surface area (Å²) in [6.45, 7) is 4.97. The smallest absolute Gasteiger partial charge is 0.253 e. The third-order valence-corrected chi connectivity index (χ3v) is 6.29. The molecular formula is C28H29N3O3S. The Kier molecular flexibility index (Phi) is 7.36. The number of ether oxygens (including phenoxy) is 2. The fourth-order valence-electron chi connectivity index (χ4n) is 3.98. The lowest BCUT2D eigenvalue weighted by Crippen LogP contribution is -2.35. The van der Waals surface area contributed by atoms with Crippen LogP contribution in [0.3, 0.4) is 0 Å². The second-order valence-corrected chi connectivity index (χ2v) is 8.92. The topological polar surface area (TPSA) is 66.6 Å². The highest BCUT2D eigenvalue weighted by atomic mass is 32.1. The van der Waals surface area contributed by atoms with Crippen LogP contribution in [0.25, 0.3) is 10.9 Å². The van der Waals surface area contributed by atoms with Crippen LogP contribution in [0.15, 0.2) is 71.5 Å². The maximum absolute atomic E-state index is 12.9. The number of rotatable bonds is 7.